The van der Waals surface area contributed by atoms with Gasteiger partial charge in [-0.2, -0.15) is 0 Å². The van der Waals surface area contributed by atoms with Crippen LogP contribution in [0.3, 0.4) is 0 Å². The van der Waals surface area contributed by atoms with E-state index in [4.69, 9.17) is 5.73 Å². The number of rotatable bonds is 3. The SMILES string of the molecule is Nc1ccc(CC(=O)Nc2ncc[nH]2)nc1. The Balaban J connectivity index is 1.95. The van der Waals surface area contributed by atoms with Gasteiger partial charge in [-0.25, -0.2) is 4.98 Å². The summed E-state index contributed by atoms with van der Waals surface area (Å²) in [6, 6.07) is 3.43. The van der Waals surface area contributed by atoms with E-state index < -0.39 is 0 Å². The van der Waals surface area contributed by atoms with Crippen molar-refractivity contribution < 1.29 is 4.79 Å². The number of carbonyl (C=O) groups is 1. The highest BCUT2D eigenvalue weighted by Crippen LogP contribution is 2.03. The lowest BCUT2D eigenvalue weighted by molar-refractivity contribution is -0.115. The number of nitrogens with one attached hydrogen (secondary N) is 2. The van der Waals surface area contributed by atoms with E-state index in [1.54, 1.807) is 24.5 Å². The molecule has 0 atom stereocenters. The smallest absolute Gasteiger partial charge is 0.232 e. The molecule has 6 heteroatoms. The second-order valence-corrected chi connectivity index (χ2v) is 3.25. The highest BCUT2D eigenvalue weighted by molar-refractivity contribution is 5.90. The molecule has 2 heterocycles. The summed E-state index contributed by atoms with van der Waals surface area (Å²) >= 11 is 0. The molecule has 0 aromatic carbocycles. The highest BCUT2D eigenvalue weighted by Gasteiger charge is 2.05. The Labute approximate surface area is 91.9 Å². The first-order valence-corrected chi connectivity index (χ1v) is 4.73. The molecule has 0 bridgehead atoms. The average molecular weight is 217 g/mol. The predicted molar refractivity (Wildman–Crippen MR) is 59.6 cm³/mol. The Bertz CT molecular complexity index is 462. The van der Waals surface area contributed by atoms with Gasteiger partial charge >= 0.3 is 0 Å². The maximum Gasteiger partial charge on any atom is 0.232 e. The standard InChI is InChI=1S/C10H11N5O/c11-7-1-2-8(14-6-7)5-9(16)15-10-12-3-4-13-10/h1-4,6H,5,11H2,(H2,12,13,15,16). The van der Waals surface area contributed by atoms with Crippen LogP contribution < -0.4 is 11.1 Å². The van der Waals surface area contributed by atoms with Crippen molar-refractivity contribution in [2.75, 3.05) is 11.1 Å². The van der Waals surface area contributed by atoms with Gasteiger partial charge in [-0.05, 0) is 12.1 Å². The number of pyridine rings is 1. The first-order chi connectivity index (χ1) is 7.74. The zero-order valence-corrected chi connectivity index (χ0v) is 8.47. The van der Waals surface area contributed by atoms with Gasteiger partial charge in [0.1, 0.15) is 0 Å². The minimum Gasteiger partial charge on any atom is -0.397 e. The lowest BCUT2D eigenvalue weighted by Crippen LogP contribution is -2.16. The summed E-state index contributed by atoms with van der Waals surface area (Å²) in [4.78, 5) is 22.2. The molecule has 4 N–H and O–H groups in total. The fraction of sp³-hybridized carbons (Fsp3) is 0.100. The number of hydrogen-bond donors (Lipinski definition) is 3. The zero-order chi connectivity index (χ0) is 11.4. The van der Waals surface area contributed by atoms with E-state index >= 15 is 0 Å². The number of nitrogens with zero attached hydrogens (tertiary/aromatic N) is 2. The number of hydrogen-bond acceptors (Lipinski definition) is 4. The van der Waals surface area contributed by atoms with Gasteiger partial charge in [0, 0.05) is 18.1 Å². The Morgan fingerprint density at radius 3 is 2.94 bits per heavy atom. The monoisotopic (exact) mass is 217 g/mol. The van der Waals surface area contributed by atoms with Crippen LogP contribution in [0.25, 0.3) is 0 Å². The van der Waals surface area contributed by atoms with E-state index in [2.05, 4.69) is 20.3 Å². The Kier molecular flexibility index (Phi) is 2.81. The second kappa shape index (κ2) is 4.43. The van der Waals surface area contributed by atoms with E-state index in [1.165, 1.54) is 6.20 Å². The molecule has 0 aliphatic carbocycles. The van der Waals surface area contributed by atoms with Gasteiger partial charge in [-0.15, -0.1) is 0 Å². The third-order valence-electron chi connectivity index (χ3n) is 1.95. The van der Waals surface area contributed by atoms with Crippen molar-refractivity contribution in [3.63, 3.8) is 0 Å². The number of aromatic amines is 1. The van der Waals surface area contributed by atoms with E-state index in [-0.39, 0.29) is 12.3 Å². The van der Waals surface area contributed by atoms with Crippen molar-refractivity contribution in [1.29, 1.82) is 0 Å². The van der Waals surface area contributed by atoms with Crippen LogP contribution in [0, 0.1) is 0 Å². The molecule has 6 nitrogen and oxygen atoms in total. The van der Waals surface area contributed by atoms with Crippen molar-refractivity contribution in [2.45, 2.75) is 6.42 Å². The molecule has 2 aromatic rings. The summed E-state index contributed by atoms with van der Waals surface area (Å²) in [7, 11) is 0. The molecule has 2 rings (SSSR count). The van der Waals surface area contributed by atoms with Gasteiger partial charge in [-0.3, -0.25) is 15.1 Å². The van der Waals surface area contributed by atoms with Gasteiger partial charge in [-0.1, -0.05) is 0 Å². The molecule has 0 unspecified atom stereocenters. The summed E-state index contributed by atoms with van der Waals surface area (Å²) in [6.07, 6.45) is 4.92. The number of nitrogens with two attached hydrogens (primary N) is 1. The average Bonchev–Trinajstić information content (AvgIpc) is 2.74. The minimum atomic E-state index is -0.174. The molecule has 0 radical (unpaired) electrons. The first kappa shape index (κ1) is 10.2. The maximum absolute atomic E-state index is 11.5. The second-order valence-electron chi connectivity index (χ2n) is 3.25. The highest BCUT2D eigenvalue weighted by atomic mass is 16.1. The number of imidazole rings is 1. The Hall–Kier alpha value is -2.37. The normalized spacial score (nSPS) is 10.0. The van der Waals surface area contributed by atoms with Gasteiger partial charge in [0.25, 0.3) is 0 Å². The van der Waals surface area contributed by atoms with Crippen molar-refractivity contribution >= 4 is 17.5 Å². The Morgan fingerprint density at radius 2 is 2.31 bits per heavy atom. The Morgan fingerprint density at radius 1 is 1.44 bits per heavy atom. The van der Waals surface area contributed by atoms with Crippen molar-refractivity contribution in [1.82, 2.24) is 15.0 Å². The summed E-state index contributed by atoms with van der Waals surface area (Å²) in [5.74, 6) is 0.257. The number of amides is 1. The van der Waals surface area contributed by atoms with E-state index in [1.807, 2.05) is 0 Å². The van der Waals surface area contributed by atoms with Gasteiger partial charge in [0.2, 0.25) is 11.9 Å². The molecular weight excluding hydrogens is 206 g/mol. The van der Waals surface area contributed by atoms with Crippen LogP contribution in [0.2, 0.25) is 0 Å². The van der Waals surface area contributed by atoms with Crippen LogP contribution in [-0.4, -0.2) is 20.9 Å². The van der Waals surface area contributed by atoms with Crippen molar-refractivity contribution in [2.24, 2.45) is 0 Å². The number of aromatic nitrogens is 3. The number of H-pyrrole nitrogens is 1. The van der Waals surface area contributed by atoms with Crippen molar-refractivity contribution in [3.05, 3.63) is 36.4 Å². The number of nitrogen functional groups attached to an aromatic ring is 1. The maximum atomic E-state index is 11.5. The predicted octanol–water partition coefficient (Wildman–Crippen LogP) is 0.568. The lowest BCUT2D eigenvalue weighted by Gasteiger charge is -2.01. The van der Waals surface area contributed by atoms with Crippen LogP contribution in [0.4, 0.5) is 11.6 Å². The third kappa shape index (κ3) is 2.57. The first-order valence-electron chi connectivity index (χ1n) is 4.73. The van der Waals surface area contributed by atoms with Gasteiger partial charge in [0.15, 0.2) is 0 Å². The largest absolute Gasteiger partial charge is 0.397 e. The van der Waals surface area contributed by atoms with Crippen LogP contribution >= 0.6 is 0 Å². The number of carbonyl (C=O) groups excluding carboxylic acids is 1. The molecule has 16 heavy (non-hydrogen) atoms. The summed E-state index contributed by atoms with van der Waals surface area (Å²) < 4.78 is 0. The summed E-state index contributed by atoms with van der Waals surface area (Å²) in [5, 5.41) is 2.61. The molecule has 2 aromatic heterocycles. The zero-order valence-electron chi connectivity index (χ0n) is 8.47. The van der Waals surface area contributed by atoms with E-state index in [9.17, 15) is 4.79 Å². The van der Waals surface area contributed by atoms with E-state index in [0.29, 0.717) is 17.3 Å². The summed E-state index contributed by atoms with van der Waals surface area (Å²) in [5.41, 5.74) is 6.73. The fourth-order valence-corrected chi connectivity index (χ4v) is 1.21. The molecule has 0 aliphatic heterocycles. The molecule has 0 saturated carbocycles. The summed E-state index contributed by atoms with van der Waals surface area (Å²) in [6.45, 7) is 0. The molecular formula is C10H11N5O. The van der Waals surface area contributed by atoms with Gasteiger partial charge < -0.3 is 10.7 Å². The van der Waals surface area contributed by atoms with Crippen LogP contribution in [-0.2, 0) is 11.2 Å². The number of anilines is 2. The molecule has 1 amide bonds. The molecule has 0 aliphatic rings. The van der Waals surface area contributed by atoms with Crippen molar-refractivity contribution in [3.8, 4) is 0 Å². The van der Waals surface area contributed by atoms with E-state index in [0.717, 1.165) is 0 Å². The quantitative estimate of drug-likeness (QED) is 0.700. The molecule has 0 saturated heterocycles. The molecule has 82 valence electrons. The van der Waals surface area contributed by atoms with Gasteiger partial charge in [0.05, 0.1) is 18.3 Å². The minimum absolute atomic E-state index is 0.174. The lowest BCUT2D eigenvalue weighted by atomic mass is 10.2. The topological polar surface area (TPSA) is 96.7 Å². The third-order valence-corrected chi connectivity index (χ3v) is 1.95. The van der Waals surface area contributed by atoms with Crippen LogP contribution in [0.5, 0.6) is 0 Å². The van der Waals surface area contributed by atoms with Crippen LogP contribution in [0.1, 0.15) is 5.69 Å². The van der Waals surface area contributed by atoms with Crippen LogP contribution in [0.15, 0.2) is 30.7 Å². The molecule has 0 fully saturated rings. The molecule has 0 spiro atoms. The fourth-order valence-electron chi connectivity index (χ4n) is 1.21.